The van der Waals surface area contributed by atoms with Crippen LogP contribution in [0.25, 0.3) is 10.2 Å². The molecule has 6 nitrogen and oxygen atoms in total. The van der Waals surface area contributed by atoms with Crippen LogP contribution >= 0.6 is 23.1 Å². The Balaban J connectivity index is 2.09. The lowest BCUT2D eigenvalue weighted by Crippen LogP contribution is -2.17. The molecule has 0 atom stereocenters. The van der Waals surface area contributed by atoms with Gasteiger partial charge in [-0.05, 0) is 30.9 Å². The summed E-state index contributed by atoms with van der Waals surface area (Å²) in [6, 6.07) is 5.16. The molecule has 0 aliphatic heterocycles. The van der Waals surface area contributed by atoms with Gasteiger partial charge in [-0.1, -0.05) is 11.8 Å². The number of anilines is 1. The van der Waals surface area contributed by atoms with Crippen molar-refractivity contribution in [1.29, 1.82) is 0 Å². The summed E-state index contributed by atoms with van der Waals surface area (Å²) in [6.07, 6.45) is 1.86. The van der Waals surface area contributed by atoms with E-state index in [0.29, 0.717) is 5.69 Å². The fourth-order valence-corrected chi connectivity index (χ4v) is 4.34. The third kappa shape index (κ3) is 4.58. The second-order valence-corrected chi connectivity index (χ2v) is 8.21. The Hall–Kier alpha value is -1.32. The van der Waals surface area contributed by atoms with E-state index in [1.807, 2.05) is 6.26 Å². The zero-order valence-electron chi connectivity index (χ0n) is 11.2. The number of fused-ring (bicyclic) bond motifs is 1. The summed E-state index contributed by atoms with van der Waals surface area (Å²) in [5, 5.41) is 8.52. The number of hydrogen-bond donors (Lipinski definition) is 2. The van der Waals surface area contributed by atoms with E-state index in [9.17, 15) is 13.2 Å². The maximum Gasteiger partial charge on any atom is 0.303 e. The first-order valence-electron chi connectivity index (χ1n) is 6.06. The summed E-state index contributed by atoms with van der Waals surface area (Å²) in [7, 11) is -3.53. The topological polar surface area (TPSA) is 96.4 Å². The molecule has 1 heterocycles. The fourth-order valence-electron chi connectivity index (χ4n) is 1.70. The third-order valence-electron chi connectivity index (χ3n) is 2.62. The van der Waals surface area contributed by atoms with Gasteiger partial charge in [-0.2, -0.15) is 0 Å². The SMILES string of the molecule is CSc1nc2ccc(NS(=O)(=O)CCCC(=O)O)cc2s1. The molecule has 0 aliphatic rings. The van der Waals surface area contributed by atoms with Gasteiger partial charge in [0.1, 0.15) is 0 Å². The van der Waals surface area contributed by atoms with Gasteiger partial charge in [0, 0.05) is 6.42 Å². The largest absolute Gasteiger partial charge is 0.481 e. The molecule has 0 radical (unpaired) electrons. The van der Waals surface area contributed by atoms with Gasteiger partial charge in [-0.25, -0.2) is 13.4 Å². The minimum absolute atomic E-state index is 0.0874. The molecule has 0 spiro atoms. The fraction of sp³-hybridized carbons (Fsp3) is 0.333. The summed E-state index contributed by atoms with van der Waals surface area (Å²) in [5.41, 5.74) is 1.30. The number of rotatable bonds is 7. The number of aliphatic carboxylic acids is 1. The number of thiazole rings is 1. The molecule has 0 saturated heterocycles. The van der Waals surface area contributed by atoms with Crippen molar-refractivity contribution in [2.75, 3.05) is 16.7 Å². The number of hydrogen-bond acceptors (Lipinski definition) is 6. The Morgan fingerprint density at radius 1 is 1.48 bits per heavy atom. The van der Waals surface area contributed by atoms with Gasteiger partial charge < -0.3 is 5.11 Å². The van der Waals surface area contributed by atoms with Crippen LogP contribution in [0.1, 0.15) is 12.8 Å². The third-order valence-corrected chi connectivity index (χ3v) is 6.00. The minimum Gasteiger partial charge on any atom is -0.481 e. The van der Waals surface area contributed by atoms with Crippen molar-refractivity contribution in [1.82, 2.24) is 4.98 Å². The van der Waals surface area contributed by atoms with Crippen LogP contribution in [0.5, 0.6) is 0 Å². The van der Waals surface area contributed by atoms with E-state index in [2.05, 4.69) is 9.71 Å². The quantitative estimate of drug-likeness (QED) is 0.748. The predicted molar refractivity (Wildman–Crippen MR) is 85.7 cm³/mol. The Labute approximate surface area is 130 Å². The smallest absolute Gasteiger partial charge is 0.303 e. The zero-order chi connectivity index (χ0) is 15.5. The summed E-state index contributed by atoms with van der Waals surface area (Å²) < 4.78 is 28.0. The molecule has 114 valence electrons. The van der Waals surface area contributed by atoms with Crippen LogP contribution in [0.15, 0.2) is 22.5 Å². The maximum atomic E-state index is 11.9. The van der Waals surface area contributed by atoms with Crippen molar-refractivity contribution >= 4 is 55.0 Å². The Morgan fingerprint density at radius 2 is 2.24 bits per heavy atom. The van der Waals surface area contributed by atoms with Gasteiger partial charge in [0.25, 0.3) is 0 Å². The number of carboxylic acid groups (broad SMARTS) is 1. The number of carbonyl (C=O) groups is 1. The predicted octanol–water partition coefficient (Wildman–Crippen LogP) is 2.62. The van der Waals surface area contributed by atoms with Crippen molar-refractivity contribution in [3.05, 3.63) is 18.2 Å². The highest BCUT2D eigenvalue weighted by Gasteiger charge is 2.12. The van der Waals surface area contributed by atoms with Crippen molar-refractivity contribution < 1.29 is 18.3 Å². The van der Waals surface area contributed by atoms with E-state index in [1.54, 1.807) is 30.0 Å². The van der Waals surface area contributed by atoms with Gasteiger partial charge in [0.2, 0.25) is 10.0 Å². The number of benzene rings is 1. The number of thioether (sulfide) groups is 1. The van der Waals surface area contributed by atoms with Crippen LogP contribution in [-0.4, -0.2) is 36.5 Å². The molecule has 0 fully saturated rings. The summed E-state index contributed by atoms with van der Waals surface area (Å²) >= 11 is 3.04. The number of carboxylic acids is 1. The van der Waals surface area contributed by atoms with Crippen molar-refractivity contribution in [2.45, 2.75) is 17.2 Å². The Bertz CT molecular complexity index is 755. The number of nitrogens with one attached hydrogen (secondary N) is 1. The van der Waals surface area contributed by atoms with Crippen molar-refractivity contribution in [2.24, 2.45) is 0 Å². The standard InChI is InChI=1S/C12H14N2O4S3/c1-19-12-13-9-5-4-8(7-10(9)20-12)14-21(17,18)6-2-3-11(15)16/h4-5,7,14H,2-3,6H2,1H3,(H,15,16). The molecule has 2 aromatic rings. The number of sulfonamides is 1. The Kier molecular flexibility index (Phi) is 5.07. The normalized spacial score (nSPS) is 11.7. The van der Waals surface area contributed by atoms with Crippen LogP contribution in [0, 0.1) is 0 Å². The molecular weight excluding hydrogens is 332 g/mol. The zero-order valence-corrected chi connectivity index (χ0v) is 13.6. The molecule has 21 heavy (non-hydrogen) atoms. The van der Waals surface area contributed by atoms with Crippen LogP contribution in [-0.2, 0) is 14.8 Å². The highest BCUT2D eigenvalue weighted by atomic mass is 32.2. The average molecular weight is 346 g/mol. The maximum absolute atomic E-state index is 11.9. The number of aromatic nitrogens is 1. The molecule has 0 saturated carbocycles. The molecule has 0 aliphatic carbocycles. The molecule has 2 N–H and O–H groups in total. The molecule has 0 unspecified atom stereocenters. The molecule has 0 bridgehead atoms. The molecule has 1 aromatic carbocycles. The first-order chi connectivity index (χ1) is 9.89. The Morgan fingerprint density at radius 3 is 2.90 bits per heavy atom. The first-order valence-corrected chi connectivity index (χ1v) is 9.76. The lowest BCUT2D eigenvalue weighted by molar-refractivity contribution is -0.137. The summed E-state index contributed by atoms with van der Waals surface area (Å²) in [6.45, 7) is 0. The molecular formula is C12H14N2O4S3. The van der Waals surface area contributed by atoms with E-state index < -0.39 is 16.0 Å². The van der Waals surface area contributed by atoms with Gasteiger partial charge in [-0.3, -0.25) is 9.52 Å². The summed E-state index contributed by atoms with van der Waals surface area (Å²) in [5.74, 6) is -1.21. The van der Waals surface area contributed by atoms with Gasteiger partial charge in [0.15, 0.2) is 4.34 Å². The lowest BCUT2D eigenvalue weighted by atomic mass is 10.3. The van der Waals surface area contributed by atoms with Gasteiger partial charge >= 0.3 is 5.97 Å². The highest BCUT2D eigenvalue weighted by molar-refractivity contribution is 8.00. The van der Waals surface area contributed by atoms with E-state index in [4.69, 9.17) is 5.11 Å². The van der Waals surface area contributed by atoms with E-state index >= 15 is 0 Å². The van der Waals surface area contributed by atoms with E-state index in [0.717, 1.165) is 14.6 Å². The first kappa shape index (κ1) is 16.1. The van der Waals surface area contributed by atoms with Crippen LogP contribution in [0.4, 0.5) is 5.69 Å². The molecule has 0 amide bonds. The van der Waals surface area contributed by atoms with Crippen LogP contribution in [0.3, 0.4) is 0 Å². The van der Waals surface area contributed by atoms with Crippen LogP contribution < -0.4 is 4.72 Å². The summed E-state index contributed by atoms with van der Waals surface area (Å²) in [4.78, 5) is 14.8. The second-order valence-electron chi connectivity index (χ2n) is 4.28. The molecule has 2 rings (SSSR count). The molecule has 9 heteroatoms. The van der Waals surface area contributed by atoms with Gasteiger partial charge in [-0.15, -0.1) is 11.3 Å². The average Bonchev–Trinajstić information content (AvgIpc) is 2.79. The lowest BCUT2D eigenvalue weighted by Gasteiger charge is -2.07. The number of nitrogens with zero attached hydrogens (tertiary/aromatic N) is 1. The van der Waals surface area contributed by atoms with Crippen molar-refractivity contribution in [3.63, 3.8) is 0 Å². The van der Waals surface area contributed by atoms with E-state index in [1.165, 1.54) is 11.3 Å². The van der Waals surface area contributed by atoms with Gasteiger partial charge in [0.05, 0.1) is 21.7 Å². The highest BCUT2D eigenvalue weighted by Crippen LogP contribution is 2.30. The van der Waals surface area contributed by atoms with Crippen molar-refractivity contribution in [3.8, 4) is 0 Å². The second kappa shape index (κ2) is 6.63. The molecule has 1 aromatic heterocycles. The monoisotopic (exact) mass is 346 g/mol. The van der Waals surface area contributed by atoms with Crippen LogP contribution in [0.2, 0.25) is 0 Å². The minimum atomic E-state index is -3.53. The van der Waals surface area contributed by atoms with E-state index in [-0.39, 0.29) is 18.6 Å².